The molecule has 0 fully saturated rings. The lowest BCUT2D eigenvalue weighted by atomic mass is 10.1. The van der Waals surface area contributed by atoms with Crippen LogP contribution in [-0.4, -0.2) is 79.7 Å². The first kappa shape index (κ1) is 24.8. The summed E-state index contributed by atoms with van der Waals surface area (Å²) in [5.74, 6) is 0. The van der Waals surface area contributed by atoms with E-state index in [9.17, 15) is 0 Å². The minimum absolute atomic E-state index is 0.592. The summed E-state index contributed by atoms with van der Waals surface area (Å²) in [4.78, 5) is 0. The van der Waals surface area contributed by atoms with Gasteiger partial charge in [0.25, 0.3) is 0 Å². The van der Waals surface area contributed by atoms with Crippen molar-refractivity contribution >= 4 is 0 Å². The molecule has 0 aromatic carbocycles. The lowest BCUT2D eigenvalue weighted by molar-refractivity contribution is -0.0109. The standard InChI is InChI=1S/C19H41NO5/c1-3-4-5-6-7-8-10-21-12-14-23-16-18-25-19-17-24-15-13-22-11-9-20-2/h20H,3-19H2,1-2H3. The number of hydrogen-bond donors (Lipinski definition) is 1. The van der Waals surface area contributed by atoms with Crippen molar-refractivity contribution in [2.45, 2.75) is 45.4 Å². The second kappa shape index (κ2) is 23.8. The second-order valence-electron chi connectivity index (χ2n) is 5.93. The number of likely N-dealkylation sites (N-methyl/N-ethyl adjacent to an activating group) is 1. The molecule has 0 aliphatic rings. The summed E-state index contributed by atoms with van der Waals surface area (Å²) in [6.07, 6.45) is 7.78. The molecule has 1 N–H and O–H groups in total. The molecule has 152 valence electrons. The Morgan fingerprint density at radius 2 is 0.880 bits per heavy atom. The van der Waals surface area contributed by atoms with Gasteiger partial charge in [0, 0.05) is 13.2 Å². The van der Waals surface area contributed by atoms with E-state index in [0.717, 1.165) is 26.2 Å². The zero-order chi connectivity index (χ0) is 18.3. The Kier molecular flexibility index (Phi) is 23.5. The van der Waals surface area contributed by atoms with Crippen molar-refractivity contribution in [1.29, 1.82) is 0 Å². The van der Waals surface area contributed by atoms with Crippen LogP contribution >= 0.6 is 0 Å². The van der Waals surface area contributed by atoms with Crippen molar-refractivity contribution in [1.82, 2.24) is 5.32 Å². The fourth-order valence-corrected chi connectivity index (χ4v) is 2.14. The van der Waals surface area contributed by atoms with E-state index in [1.54, 1.807) is 0 Å². The van der Waals surface area contributed by atoms with E-state index in [1.807, 2.05) is 7.05 Å². The molecule has 0 heterocycles. The molecule has 0 unspecified atom stereocenters. The first-order valence-electron chi connectivity index (χ1n) is 9.95. The number of rotatable bonds is 22. The van der Waals surface area contributed by atoms with Crippen LogP contribution < -0.4 is 5.32 Å². The van der Waals surface area contributed by atoms with Gasteiger partial charge in [-0.2, -0.15) is 0 Å². The van der Waals surface area contributed by atoms with Gasteiger partial charge in [-0.1, -0.05) is 39.0 Å². The SMILES string of the molecule is CCCCCCCCOCCOCCOCCOCCOCCNC. The number of unbranched alkanes of at least 4 members (excludes halogenated alkanes) is 5. The highest BCUT2D eigenvalue weighted by Gasteiger charge is 1.94. The maximum absolute atomic E-state index is 5.55. The molecule has 0 radical (unpaired) electrons. The first-order valence-corrected chi connectivity index (χ1v) is 9.95. The fraction of sp³-hybridized carbons (Fsp3) is 1.00. The summed E-state index contributed by atoms with van der Waals surface area (Å²) in [7, 11) is 1.91. The molecule has 25 heavy (non-hydrogen) atoms. The Bertz CT molecular complexity index is 210. The van der Waals surface area contributed by atoms with Gasteiger partial charge < -0.3 is 29.0 Å². The zero-order valence-electron chi connectivity index (χ0n) is 16.6. The molecule has 6 nitrogen and oxygen atoms in total. The van der Waals surface area contributed by atoms with Crippen LogP contribution in [0.1, 0.15) is 45.4 Å². The monoisotopic (exact) mass is 363 g/mol. The van der Waals surface area contributed by atoms with Gasteiger partial charge in [0.2, 0.25) is 0 Å². The number of ether oxygens (including phenoxy) is 5. The topological polar surface area (TPSA) is 58.2 Å². The van der Waals surface area contributed by atoms with Crippen LogP contribution in [0.25, 0.3) is 0 Å². The van der Waals surface area contributed by atoms with E-state index in [0.29, 0.717) is 52.9 Å². The molecule has 0 aromatic rings. The molecule has 0 aliphatic carbocycles. The van der Waals surface area contributed by atoms with Gasteiger partial charge >= 0.3 is 0 Å². The van der Waals surface area contributed by atoms with Gasteiger partial charge in [-0.25, -0.2) is 0 Å². The highest BCUT2D eigenvalue weighted by atomic mass is 16.6. The van der Waals surface area contributed by atoms with Crippen LogP contribution in [0.5, 0.6) is 0 Å². The fourth-order valence-electron chi connectivity index (χ4n) is 2.14. The van der Waals surface area contributed by atoms with Crippen molar-refractivity contribution in [3.8, 4) is 0 Å². The first-order chi connectivity index (χ1) is 12.4. The molecule has 6 heteroatoms. The van der Waals surface area contributed by atoms with Crippen LogP contribution in [0.4, 0.5) is 0 Å². The predicted molar refractivity (Wildman–Crippen MR) is 101 cm³/mol. The molecule has 0 aliphatic heterocycles. The summed E-state index contributed by atoms with van der Waals surface area (Å²) in [5.41, 5.74) is 0. The van der Waals surface area contributed by atoms with Gasteiger partial charge in [0.15, 0.2) is 0 Å². The third kappa shape index (κ3) is 23.8. The molecule has 0 spiro atoms. The van der Waals surface area contributed by atoms with Gasteiger partial charge in [0.05, 0.1) is 59.5 Å². The summed E-state index contributed by atoms with van der Waals surface area (Å²) in [5, 5.41) is 3.02. The average molecular weight is 364 g/mol. The van der Waals surface area contributed by atoms with Gasteiger partial charge in [0.1, 0.15) is 0 Å². The third-order valence-corrected chi connectivity index (χ3v) is 3.63. The lowest BCUT2D eigenvalue weighted by Gasteiger charge is -2.08. The van der Waals surface area contributed by atoms with Crippen LogP contribution in [0, 0.1) is 0 Å². The average Bonchev–Trinajstić information content (AvgIpc) is 2.63. The molecule has 0 saturated heterocycles. The minimum Gasteiger partial charge on any atom is -0.379 e. The third-order valence-electron chi connectivity index (χ3n) is 3.63. The quantitative estimate of drug-likeness (QED) is 0.298. The van der Waals surface area contributed by atoms with Gasteiger partial charge in [-0.15, -0.1) is 0 Å². The Morgan fingerprint density at radius 3 is 1.36 bits per heavy atom. The maximum Gasteiger partial charge on any atom is 0.0701 e. The number of nitrogens with one attached hydrogen (secondary N) is 1. The highest BCUT2D eigenvalue weighted by Crippen LogP contribution is 2.04. The molecule has 0 rings (SSSR count). The molecule has 0 aromatic heterocycles. The summed E-state index contributed by atoms with van der Waals surface area (Å²) in [6, 6.07) is 0. The number of hydrogen-bond acceptors (Lipinski definition) is 6. The van der Waals surface area contributed by atoms with Crippen molar-refractivity contribution in [3.63, 3.8) is 0 Å². The Labute approximate surface area is 154 Å². The Hall–Kier alpha value is -0.240. The van der Waals surface area contributed by atoms with Crippen molar-refractivity contribution in [3.05, 3.63) is 0 Å². The smallest absolute Gasteiger partial charge is 0.0701 e. The predicted octanol–water partition coefficient (Wildman–Crippen LogP) is 2.65. The van der Waals surface area contributed by atoms with E-state index in [4.69, 9.17) is 23.7 Å². The molecule has 0 atom stereocenters. The molecular formula is C19H41NO5. The van der Waals surface area contributed by atoms with Gasteiger partial charge in [-0.3, -0.25) is 0 Å². The van der Waals surface area contributed by atoms with Gasteiger partial charge in [-0.05, 0) is 13.5 Å². The highest BCUT2D eigenvalue weighted by molar-refractivity contribution is 4.43. The molecule has 0 amide bonds. The second-order valence-corrected chi connectivity index (χ2v) is 5.93. The van der Waals surface area contributed by atoms with Crippen molar-refractivity contribution in [2.75, 3.05) is 79.7 Å². The van der Waals surface area contributed by atoms with E-state index < -0.39 is 0 Å². The van der Waals surface area contributed by atoms with E-state index in [1.165, 1.54) is 32.1 Å². The van der Waals surface area contributed by atoms with Crippen LogP contribution in [0.3, 0.4) is 0 Å². The van der Waals surface area contributed by atoms with Crippen molar-refractivity contribution in [2.24, 2.45) is 0 Å². The Morgan fingerprint density at radius 1 is 0.480 bits per heavy atom. The zero-order valence-corrected chi connectivity index (χ0v) is 16.6. The van der Waals surface area contributed by atoms with Crippen LogP contribution in [-0.2, 0) is 23.7 Å². The normalized spacial score (nSPS) is 11.3. The molecular weight excluding hydrogens is 322 g/mol. The van der Waals surface area contributed by atoms with Crippen molar-refractivity contribution < 1.29 is 23.7 Å². The maximum atomic E-state index is 5.55. The summed E-state index contributed by atoms with van der Waals surface area (Å²) < 4.78 is 27.2. The summed E-state index contributed by atoms with van der Waals surface area (Å²) in [6.45, 7) is 9.62. The molecule has 0 bridgehead atoms. The minimum atomic E-state index is 0.592. The Balaban J connectivity index is 2.94. The largest absolute Gasteiger partial charge is 0.379 e. The summed E-state index contributed by atoms with van der Waals surface area (Å²) >= 11 is 0. The van der Waals surface area contributed by atoms with E-state index in [-0.39, 0.29) is 0 Å². The van der Waals surface area contributed by atoms with Crippen LogP contribution in [0.2, 0.25) is 0 Å². The van der Waals surface area contributed by atoms with E-state index in [2.05, 4.69) is 12.2 Å². The lowest BCUT2D eigenvalue weighted by Crippen LogP contribution is -2.17. The van der Waals surface area contributed by atoms with E-state index >= 15 is 0 Å². The van der Waals surface area contributed by atoms with Crippen LogP contribution in [0.15, 0.2) is 0 Å². The molecule has 0 saturated carbocycles.